The number of nitrogens with two attached hydrogens (primary N) is 1. The maximum Gasteiger partial charge on any atom is 0.255 e. The molecule has 6 nitrogen and oxygen atoms in total. The van der Waals surface area contributed by atoms with Crippen LogP contribution in [0.4, 0.5) is 17.1 Å². The lowest BCUT2D eigenvalue weighted by molar-refractivity contribution is 0.102. The van der Waals surface area contributed by atoms with Gasteiger partial charge in [0.2, 0.25) is 0 Å². The fourth-order valence-corrected chi connectivity index (χ4v) is 3.99. The van der Waals surface area contributed by atoms with Crippen molar-refractivity contribution >= 4 is 29.0 Å². The third kappa shape index (κ3) is 6.10. The maximum absolute atomic E-state index is 12.5. The Morgan fingerprint density at radius 2 is 1.79 bits per heavy atom. The van der Waals surface area contributed by atoms with Crippen LogP contribution in [-0.4, -0.2) is 25.7 Å². The van der Waals surface area contributed by atoms with Crippen molar-refractivity contribution < 1.29 is 14.3 Å². The molecule has 6 heteroatoms. The van der Waals surface area contributed by atoms with Crippen LogP contribution >= 0.6 is 0 Å². The van der Waals surface area contributed by atoms with Crippen molar-refractivity contribution in [3.63, 3.8) is 0 Å². The number of benzene rings is 3. The minimum Gasteiger partial charge on any atom is -0.493 e. The summed E-state index contributed by atoms with van der Waals surface area (Å²) in [5.41, 5.74) is 9.61. The van der Waals surface area contributed by atoms with Gasteiger partial charge in [-0.15, -0.1) is 0 Å². The van der Waals surface area contributed by atoms with Crippen molar-refractivity contribution in [3.8, 4) is 11.5 Å². The number of nitrogen functional groups attached to an aromatic ring is 1. The van der Waals surface area contributed by atoms with Crippen molar-refractivity contribution in [2.45, 2.75) is 31.8 Å². The maximum atomic E-state index is 12.5. The van der Waals surface area contributed by atoms with Crippen LogP contribution in [0, 0.1) is 0 Å². The first-order valence-electron chi connectivity index (χ1n) is 11.6. The molecule has 0 heterocycles. The number of nitrogens with one attached hydrogen (secondary N) is 2. The average Bonchev–Trinajstić information content (AvgIpc) is 3.37. The molecule has 1 aliphatic rings. The van der Waals surface area contributed by atoms with Crippen LogP contribution in [0.3, 0.4) is 0 Å². The van der Waals surface area contributed by atoms with Gasteiger partial charge in [0, 0.05) is 23.9 Å². The zero-order chi connectivity index (χ0) is 23.8. The van der Waals surface area contributed by atoms with E-state index in [0.717, 1.165) is 35.6 Å². The quantitative estimate of drug-likeness (QED) is 0.344. The zero-order valence-electron chi connectivity index (χ0n) is 19.4. The fraction of sp³-hybridized carbons (Fsp3) is 0.250. The van der Waals surface area contributed by atoms with Gasteiger partial charge in [0.15, 0.2) is 11.5 Å². The van der Waals surface area contributed by atoms with E-state index in [0.29, 0.717) is 23.5 Å². The molecule has 0 bridgehead atoms. The van der Waals surface area contributed by atoms with Gasteiger partial charge in [0.25, 0.3) is 5.91 Å². The topological polar surface area (TPSA) is 85.6 Å². The summed E-state index contributed by atoms with van der Waals surface area (Å²) in [4.78, 5) is 12.5. The van der Waals surface area contributed by atoms with E-state index in [4.69, 9.17) is 15.2 Å². The molecule has 4 N–H and O–H groups in total. The highest BCUT2D eigenvalue weighted by molar-refractivity contribution is 6.05. The molecule has 3 aromatic carbocycles. The predicted molar refractivity (Wildman–Crippen MR) is 139 cm³/mol. The number of ether oxygens (including phenoxy) is 2. The molecule has 0 aliphatic heterocycles. The fourth-order valence-electron chi connectivity index (χ4n) is 3.99. The molecule has 4 rings (SSSR count). The molecule has 0 aromatic heterocycles. The third-order valence-electron chi connectivity index (χ3n) is 5.88. The highest BCUT2D eigenvalue weighted by Crippen LogP contribution is 2.33. The van der Waals surface area contributed by atoms with Crippen molar-refractivity contribution in [3.05, 3.63) is 83.9 Å². The van der Waals surface area contributed by atoms with Gasteiger partial charge in [-0.25, -0.2) is 0 Å². The number of amides is 1. The van der Waals surface area contributed by atoms with E-state index >= 15 is 0 Å². The molecule has 0 atom stereocenters. The lowest BCUT2D eigenvalue weighted by Gasteiger charge is -2.17. The van der Waals surface area contributed by atoms with Crippen molar-refractivity contribution in [1.82, 2.24) is 0 Å². The molecule has 0 radical (unpaired) electrons. The zero-order valence-corrected chi connectivity index (χ0v) is 19.4. The molecule has 34 heavy (non-hydrogen) atoms. The summed E-state index contributed by atoms with van der Waals surface area (Å²) in [7, 11) is 1.67. The van der Waals surface area contributed by atoms with E-state index in [1.807, 2.05) is 54.6 Å². The van der Waals surface area contributed by atoms with Gasteiger partial charge in [-0.3, -0.25) is 4.79 Å². The first kappa shape index (κ1) is 23.2. The van der Waals surface area contributed by atoms with Crippen molar-refractivity contribution in [1.29, 1.82) is 0 Å². The number of hydrogen-bond donors (Lipinski definition) is 3. The Labute approximate surface area is 200 Å². The molecule has 1 fully saturated rings. The van der Waals surface area contributed by atoms with Gasteiger partial charge in [-0.1, -0.05) is 36.4 Å². The number of carbonyl (C=O) groups is 1. The second kappa shape index (κ2) is 11.3. The highest BCUT2D eigenvalue weighted by atomic mass is 16.5. The standard InChI is InChI=1S/C28H31N3O3/c1-33-26-17-16-22(19-27(26)34-23-8-2-3-9-23)30-18-6-7-20-12-14-21(15-13-20)28(32)31-25-11-5-4-10-24(25)29/h4-7,10-17,19,23,30H,2-3,8-9,18,29H2,1H3,(H,31,32)/b7-6+. The second-order valence-corrected chi connectivity index (χ2v) is 8.34. The Bertz CT molecular complexity index is 1140. The first-order valence-corrected chi connectivity index (χ1v) is 11.6. The Morgan fingerprint density at radius 1 is 1.03 bits per heavy atom. The summed E-state index contributed by atoms with van der Waals surface area (Å²) in [6, 6.07) is 20.6. The van der Waals surface area contributed by atoms with Crippen LogP contribution in [0.1, 0.15) is 41.6 Å². The summed E-state index contributed by atoms with van der Waals surface area (Å²) in [5.74, 6) is 1.35. The summed E-state index contributed by atoms with van der Waals surface area (Å²) < 4.78 is 11.6. The normalized spacial score (nSPS) is 13.7. The molecule has 1 amide bonds. The van der Waals surface area contributed by atoms with Gasteiger partial charge in [0.05, 0.1) is 24.6 Å². The molecular formula is C28H31N3O3. The van der Waals surface area contributed by atoms with Gasteiger partial charge < -0.3 is 25.8 Å². The molecule has 3 aromatic rings. The van der Waals surface area contributed by atoms with E-state index in [-0.39, 0.29) is 12.0 Å². The summed E-state index contributed by atoms with van der Waals surface area (Å²) in [5, 5.41) is 6.24. The highest BCUT2D eigenvalue weighted by Gasteiger charge is 2.18. The van der Waals surface area contributed by atoms with Crippen LogP contribution in [0.15, 0.2) is 72.8 Å². The number of methoxy groups -OCH3 is 1. The van der Waals surface area contributed by atoms with Crippen molar-refractivity contribution in [2.75, 3.05) is 30.0 Å². The van der Waals surface area contributed by atoms with Gasteiger partial charge >= 0.3 is 0 Å². The number of anilines is 3. The summed E-state index contributed by atoms with van der Waals surface area (Å²) in [6.45, 7) is 0.657. The Balaban J connectivity index is 1.30. The summed E-state index contributed by atoms with van der Waals surface area (Å²) in [6.07, 6.45) is 8.99. The Kier molecular flexibility index (Phi) is 7.71. The van der Waals surface area contributed by atoms with Crippen LogP contribution < -0.4 is 25.8 Å². The van der Waals surface area contributed by atoms with Crippen LogP contribution in [0.2, 0.25) is 0 Å². The van der Waals surface area contributed by atoms with E-state index < -0.39 is 0 Å². The van der Waals surface area contributed by atoms with E-state index in [9.17, 15) is 4.79 Å². The number of para-hydroxylation sites is 2. The monoisotopic (exact) mass is 457 g/mol. The van der Waals surface area contributed by atoms with E-state index in [1.165, 1.54) is 12.8 Å². The average molecular weight is 458 g/mol. The molecule has 176 valence electrons. The molecule has 0 unspecified atom stereocenters. The molecule has 1 aliphatic carbocycles. The van der Waals surface area contributed by atoms with Crippen LogP contribution in [-0.2, 0) is 0 Å². The molecular weight excluding hydrogens is 426 g/mol. The predicted octanol–water partition coefficient (Wildman–Crippen LogP) is 5.98. The van der Waals surface area contributed by atoms with Gasteiger partial charge in [0.1, 0.15) is 0 Å². The molecule has 0 spiro atoms. The second-order valence-electron chi connectivity index (χ2n) is 8.34. The van der Waals surface area contributed by atoms with Crippen LogP contribution in [0.25, 0.3) is 6.08 Å². The first-order chi connectivity index (χ1) is 16.6. The van der Waals surface area contributed by atoms with E-state index in [1.54, 1.807) is 31.4 Å². The minimum atomic E-state index is -0.190. The Morgan fingerprint density at radius 3 is 2.53 bits per heavy atom. The molecule has 0 saturated heterocycles. The lowest BCUT2D eigenvalue weighted by atomic mass is 10.1. The molecule has 1 saturated carbocycles. The smallest absolute Gasteiger partial charge is 0.255 e. The van der Waals surface area contributed by atoms with E-state index in [2.05, 4.69) is 10.6 Å². The minimum absolute atomic E-state index is 0.190. The largest absolute Gasteiger partial charge is 0.493 e. The summed E-state index contributed by atoms with van der Waals surface area (Å²) >= 11 is 0. The van der Waals surface area contributed by atoms with Crippen molar-refractivity contribution in [2.24, 2.45) is 0 Å². The number of carbonyl (C=O) groups excluding carboxylic acids is 1. The lowest BCUT2D eigenvalue weighted by Crippen LogP contribution is -2.12. The Hall–Kier alpha value is -3.93. The SMILES string of the molecule is COc1ccc(NC/C=C/c2ccc(C(=O)Nc3ccccc3N)cc2)cc1OC1CCCC1. The number of hydrogen-bond acceptors (Lipinski definition) is 5. The third-order valence-corrected chi connectivity index (χ3v) is 5.88. The number of rotatable bonds is 9. The van der Waals surface area contributed by atoms with Crippen LogP contribution in [0.5, 0.6) is 11.5 Å². The van der Waals surface area contributed by atoms with Gasteiger partial charge in [-0.05, 0) is 67.6 Å². The van der Waals surface area contributed by atoms with Gasteiger partial charge in [-0.2, -0.15) is 0 Å².